The van der Waals surface area contributed by atoms with Gasteiger partial charge in [0, 0.05) is 11.6 Å². The van der Waals surface area contributed by atoms with Gasteiger partial charge in [0.1, 0.15) is 0 Å². The van der Waals surface area contributed by atoms with Gasteiger partial charge in [-0.05, 0) is 66.5 Å². The first-order valence-corrected chi connectivity index (χ1v) is 8.25. The third-order valence-corrected chi connectivity index (χ3v) is 5.15. The third kappa shape index (κ3) is 2.30. The van der Waals surface area contributed by atoms with Crippen LogP contribution in [0.15, 0.2) is 30.3 Å². The zero-order valence-electron chi connectivity index (χ0n) is 12.6. The largest absolute Gasteiger partial charge is 0.393 e. The lowest BCUT2D eigenvalue weighted by Gasteiger charge is -2.26. The van der Waals surface area contributed by atoms with Crippen molar-refractivity contribution in [2.24, 2.45) is 0 Å². The average molecular weight is 295 g/mol. The molecule has 3 heteroatoms. The molecule has 2 aromatic carbocycles. The Labute approximate surface area is 130 Å². The molecule has 0 saturated heterocycles. The molecule has 1 fully saturated rings. The zero-order valence-corrected chi connectivity index (χ0v) is 12.6. The highest BCUT2D eigenvalue weighted by Gasteiger charge is 2.23. The summed E-state index contributed by atoms with van der Waals surface area (Å²) >= 11 is 0. The van der Waals surface area contributed by atoms with E-state index in [1.54, 1.807) is 0 Å². The summed E-state index contributed by atoms with van der Waals surface area (Å²) in [5.74, 6) is 0.0250. The molecule has 0 aliphatic heterocycles. The second-order valence-electron chi connectivity index (χ2n) is 6.59. The molecule has 1 saturated carbocycles. The van der Waals surface area contributed by atoms with Crippen molar-refractivity contribution >= 4 is 16.7 Å². The molecule has 0 aromatic heterocycles. The Bertz CT molecular complexity index is 719. The highest BCUT2D eigenvalue weighted by molar-refractivity contribution is 6.09. The monoisotopic (exact) mass is 295 g/mol. The number of carbonyl (C=O) groups is 1. The molecule has 0 spiro atoms. The van der Waals surface area contributed by atoms with Crippen molar-refractivity contribution < 1.29 is 9.90 Å². The smallest absolute Gasteiger partial charge is 0.252 e. The average Bonchev–Trinajstić information content (AvgIpc) is 2.95. The molecule has 3 nitrogen and oxygen atoms in total. The maximum atomic E-state index is 12.7. The molecule has 0 unspecified atom stereocenters. The summed E-state index contributed by atoms with van der Waals surface area (Å²) in [5.41, 5.74) is 3.51. The molecule has 114 valence electrons. The number of hydrogen-bond donors (Lipinski definition) is 2. The normalized spacial score (nSPS) is 23.7. The van der Waals surface area contributed by atoms with Gasteiger partial charge in [0.25, 0.3) is 5.91 Å². The van der Waals surface area contributed by atoms with E-state index in [1.165, 1.54) is 16.5 Å². The predicted molar refractivity (Wildman–Crippen MR) is 87.1 cm³/mol. The van der Waals surface area contributed by atoms with E-state index in [-0.39, 0.29) is 18.1 Å². The molecule has 22 heavy (non-hydrogen) atoms. The molecular weight excluding hydrogens is 274 g/mol. The Morgan fingerprint density at radius 2 is 1.73 bits per heavy atom. The molecule has 0 atom stereocenters. The van der Waals surface area contributed by atoms with E-state index < -0.39 is 0 Å². The van der Waals surface area contributed by atoms with Crippen LogP contribution in [0.3, 0.4) is 0 Å². The molecule has 2 aliphatic carbocycles. The first-order chi connectivity index (χ1) is 10.7. The number of carbonyl (C=O) groups excluding carboxylic acids is 1. The Kier molecular flexibility index (Phi) is 3.38. The summed E-state index contributed by atoms with van der Waals surface area (Å²) in [6.07, 6.45) is 5.28. The molecule has 1 amide bonds. The third-order valence-electron chi connectivity index (χ3n) is 5.15. The molecular formula is C19H21NO2. The van der Waals surface area contributed by atoms with Crippen LogP contribution in [0.25, 0.3) is 10.8 Å². The van der Waals surface area contributed by atoms with Gasteiger partial charge in [-0.3, -0.25) is 4.79 Å². The van der Waals surface area contributed by atoms with Gasteiger partial charge in [-0.25, -0.2) is 0 Å². The van der Waals surface area contributed by atoms with Crippen LogP contribution in [0.1, 0.15) is 47.2 Å². The number of hydrogen-bond acceptors (Lipinski definition) is 2. The van der Waals surface area contributed by atoms with Gasteiger partial charge >= 0.3 is 0 Å². The van der Waals surface area contributed by atoms with E-state index in [2.05, 4.69) is 29.6 Å². The molecule has 2 aromatic rings. The van der Waals surface area contributed by atoms with Crippen LogP contribution >= 0.6 is 0 Å². The van der Waals surface area contributed by atoms with Crippen LogP contribution in [0.5, 0.6) is 0 Å². The molecule has 4 rings (SSSR count). The summed E-state index contributed by atoms with van der Waals surface area (Å²) in [5, 5.41) is 15.1. The summed E-state index contributed by atoms with van der Waals surface area (Å²) in [6, 6.07) is 10.6. The molecule has 0 radical (unpaired) electrons. The number of amides is 1. The second kappa shape index (κ2) is 5.40. The summed E-state index contributed by atoms with van der Waals surface area (Å²) < 4.78 is 0. The number of benzene rings is 2. The fourth-order valence-corrected chi connectivity index (χ4v) is 3.93. The van der Waals surface area contributed by atoms with Crippen molar-refractivity contribution in [3.05, 3.63) is 47.0 Å². The second-order valence-corrected chi connectivity index (χ2v) is 6.59. The molecule has 0 heterocycles. The van der Waals surface area contributed by atoms with Crippen molar-refractivity contribution in [1.29, 1.82) is 0 Å². The zero-order chi connectivity index (χ0) is 15.1. The highest BCUT2D eigenvalue weighted by atomic mass is 16.3. The van der Waals surface area contributed by atoms with Gasteiger partial charge in [-0.15, -0.1) is 0 Å². The standard InChI is InChI=1S/C19H21NO2/c21-15-9-7-14(8-10-15)20-19(22)17-11-6-13-5-4-12-2-1-3-16(17)18(12)13/h1-3,6,11,14-15,21H,4-5,7-10H2,(H,20,22). The quantitative estimate of drug-likeness (QED) is 0.895. The van der Waals surface area contributed by atoms with Crippen molar-refractivity contribution in [2.75, 3.05) is 0 Å². The fourth-order valence-electron chi connectivity index (χ4n) is 3.93. The topological polar surface area (TPSA) is 49.3 Å². The summed E-state index contributed by atoms with van der Waals surface area (Å²) in [7, 11) is 0. The molecule has 0 bridgehead atoms. The minimum absolute atomic E-state index is 0.0250. The maximum Gasteiger partial charge on any atom is 0.252 e. The van der Waals surface area contributed by atoms with E-state index in [4.69, 9.17) is 0 Å². The Hall–Kier alpha value is -1.87. The van der Waals surface area contributed by atoms with Gasteiger partial charge < -0.3 is 10.4 Å². The van der Waals surface area contributed by atoms with E-state index >= 15 is 0 Å². The maximum absolute atomic E-state index is 12.7. The summed E-state index contributed by atoms with van der Waals surface area (Å²) in [6.45, 7) is 0. The lowest BCUT2D eigenvalue weighted by molar-refractivity contribution is 0.0869. The molecule has 2 aliphatic rings. The van der Waals surface area contributed by atoms with Crippen LogP contribution in [-0.2, 0) is 12.8 Å². The minimum Gasteiger partial charge on any atom is -0.393 e. The van der Waals surface area contributed by atoms with Crippen LogP contribution < -0.4 is 5.32 Å². The van der Waals surface area contributed by atoms with Crippen LogP contribution in [0.4, 0.5) is 0 Å². The Morgan fingerprint density at radius 1 is 1.00 bits per heavy atom. The number of rotatable bonds is 2. The SMILES string of the molecule is O=C(NC1CCC(O)CC1)c1ccc2c3c(cccc13)CC2. The first-order valence-electron chi connectivity index (χ1n) is 8.25. The van der Waals surface area contributed by atoms with E-state index in [1.807, 2.05) is 6.07 Å². The van der Waals surface area contributed by atoms with Gasteiger partial charge in [-0.2, -0.15) is 0 Å². The Balaban J connectivity index is 1.63. The van der Waals surface area contributed by atoms with Gasteiger partial charge in [0.05, 0.1) is 6.10 Å². The van der Waals surface area contributed by atoms with Crippen molar-refractivity contribution in [3.8, 4) is 0 Å². The lowest BCUT2D eigenvalue weighted by atomic mass is 9.92. The van der Waals surface area contributed by atoms with E-state index in [0.717, 1.165) is 49.5 Å². The number of nitrogens with one attached hydrogen (secondary N) is 1. The van der Waals surface area contributed by atoms with Gasteiger partial charge in [-0.1, -0.05) is 24.3 Å². The van der Waals surface area contributed by atoms with Crippen molar-refractivity contribution in [1.82, 2.24) is 5.32 Å². The van der Waals surface area contributed by atoms with E-state index in [9.17, 15) is 9.90 Å². The number of aryl methyl sites for hydroxylation is 2. The van der Waals surface area contributed by atoms with Crippen molar-refractivity contribution in [3.63, 3.8) is 0 Å². The summed E-state index contributed by atoms with van der Waals surface area (Å²) in [4.78, 5) is 12.7. The Morgan fingerprint density at radius 3 is 2.50 bits per heavy atom. The van der Waals surface area contributed by atoms with Crippen LogP contribution in [0.2, 0.25) is 0 Å². The van der Waals surface area contributed by atoms with Crippen LogP contribution in [0, 0.1) is 0 Å². The highest BCUT2D eigenvalue weighted by Crippen LogP contribution is 2.33. The van der Waals surface area contributed by atoms with Gasteiger partial charge in [0.15, 0.2) is 0 Å². The van der Waals surface area contributed by atoms with Gasteiger partial charge in [0.2, 0.25) is 0 Å². The lowest BCUT2D eigenvalue weighted by Crippen LogP contribution is -2.38. The van der Waals surface area contributed by atoms with E-state index in [0.29, 0.717) is 0 Å². The number of aliphatic hydroxyl groups is 1. The van der Waals surface area contributed by atoms with Crippen LogP contribution in [-0.4, -0.2) is 23.2 Å². The number of aliphatic hydroxyl groups excluding tert-OH is 1. The van der Waals surface area contributed by atoms with Crippen molar-refractivity contribution in [2.45, 2.75) is 50.7 Å². The minimum atomic E-state index is -0.190. The fraction of sp³-hybridized carbons (Fsp3) is 0.421. The first kappa shape index (κ1) is 13.8. The predicted octanol–water partition coefficient (Wildman–Crippen LogP) is 2.97. The molecule has 2 N–H and O–H groups in total.